The molecule has 0 amide bonds. The summed E-state index contributed by atoms with van der Waals surface area (Å²) in [5.74, 6) is -25.6. The molecule has 63 heavy (non-hydrogen) atoms. The largest absolute Gasteiger partial charge is 0.486 e. The van der Waals surface area contributed by atoms with Crippen molar-refractivity contribution in [2.24, 2.45) is 10.8 Å². The molecule has 13 heteroatoms. The molecule has 0 saturated carbocycles. The normalized spacial score (nSPS) is 20.3. The van der Waals surface area contributed by atoms with E-state index in [1.54, 1.807) is 24.3 Å². The molecule has 333 valence electrons. The van der Waals surface area contributed by atoms with Crippen LogP contribution in [0, 0.1) is 43.5 Å². The Balaban J connectivity index is 0.000000327. The van der Waals surface area contributed by atoms with Crippen LogP contribution in [0.5, 0.6) is 0 Å². The number of hydrogen-bond donors (Lipinski definition) is 0. The number of benzene rings is 3. The minimum absolute atomic E-state index is 0. The quantitative estimate of drug-likeness (QED) is 0.127. The molecule has 4 aromatic heterocycles. The third kappa shape index (κ3) is 8.80. The number of nitrogens with zero attached hydrogens (tertiary/aromatic N) is 3. The van der Waals surface area contributed by atoms with Gasteiger partial charge in [-0.15, -0.1) is 53.6 Å². The van der Waals surface area contributed by atoms with Crippen molar-refractivity contribution in [1.29, 1.82) is 0 Å². The van der Waals surface area contributed by atoms with Gasteiger partial charge < -0.3 is 9.40 Å². The molecule has 0 fully saturated rings. The molecule has 1 aliphatic rings. The number of hydrogen-bond acceptors (Lipinski definition) is 4. The van der Waals surface area contributed by atoms with E-state index < -0.39 is 113 Å². The molecule has 0 spiro atoms. The second-order valence-electron chi connectivity index (χ2n) is 16.8. The molecule has 4 nitrogen and oxygen atoms in total. The molecule has 0 bridgehead atoms. The number of aromatic nitrogens is 3. The van der Waals surface area contributed by atoms with Crippen molar-refractivity contribution in [2.45, 2.75) is 98.5 Å². The van der Waals surface area contributed by atoms with E-state index in [1.165, 1.54) is 51.2 Å². The fourth-order valence-electron chi connectivity index (χ4n) is 6.88. The van der Waals surface area contributed by atoms with Gasteiger partial charge in [0.15, 0.2) is 0 Å². The van der Waals surface area contributed by atoms with Gasteiger partial charge in [0.2, 0.25) is 5.71 Å². The topological polar surface area (TPSA) is 51.8 Å². The Bertz CT molecular complexity index is 3330. The van der Waals surface area contributed by atoms with E-state index in [-0.39, 0.29) is 53.3 Å². The molecule has 0 aliphatic heterocycles. The van der Waals surface area contributed by atoms with E-state index in [2.05, 4.69) is 27.1 Å². The van der Waals surface area contributed by atoms with Gasteiger partial charge in [0.1, 0.15) is 5.69 Å². The summed E-state index contributed by atoms with van der Waals surface area (Å²) in [7, 11) is 0. The van der Waals surface area contributed by atoms with Crippen LogP contribution >= 0.6 is 0 Å². The number of alkyl halides is 8. The summed E-state index contributed by atoms with van der Waals surface area (Å²) >= 11 is 0. The predicted molar refractivity (Wildman–Crippen MR) is 226 cm³/mol. The fraction of sp³-hybridized carbons (Fsp3) is 0.340. The van der Waals surface area contributed by atoms with Crippen molar-refractivity contribution >= 4 is 22.1 Å². The Hall–Kier alpha value is -5.00. The summed E-state index contributed by atoms with van der Waals surface area (Å²) in [5.41, 5.74) is -10.3. The Labute approximate surface area is 393 Å². The van der Waals surface area contributed by atoms with Gasteiger partial charge >= 0.3 is 23.7 Å². The summed E-state index contributed by atoms with van der Waals surface area (Å²) in [6, 6.07) is 21.6. The summed E-state index contributed by atoms with van der Waals surface area (Å²) < 4.78 is 231. The van der Waals surface area contributed by atoms with Gasteiger partial charge in [0.25, 0.3) is 0 Å². The van der Waals surface area contributed by atoms with Crippen LogP contribution in [0.4, 0.5) is 35.1 Å². The first-order valence-electron chi connectivity index (χ1n) is 25.4. The molecule has 1 aliphatic carbocycles. The van der Waals surface area contributed by atoms with Gasteiger partial charge in [-0.25, -0.2) is 4.98 Å². The second kappa shape index (κ2) is 16.5. The first kappa shape index (κ1) is 32.6. The molecular formula is C50H45F8IrN3O-2. The van der Waals surface area contributed by atoms with E-state index in [0.29, 0.717) is 22.9 Å². The zero-order chi connectivity index (χ0) is 56.5. The molecule has 3 aromatic carbocycles. The molecule has 0 atom stereocenters. The number of fused-ring (bicyclic) bond motifs is 4. The minimum atomic E-state index is -6.71. The van der Waals surface area contributed by atoms with E-state index in [0.717, 1.165) is 24.3 Å². The summed E-state index contributed by atoms with van der Waals surface area (Å²) in [4.78, 5) is 11.7. The van der Waals surface area contributed by atoms with Crippen molar-refractivity contribution in [2.75, 3.05) is 0 Å². The van der Waals surface area contributed by atoms with E-state index in [4.69, 9.17) is 22.2 Å². The summed E-state index contributed by atoms with van der Waals surface area (Å²) in [6.45, 7) is 1.81. The van der Waals surface area contributed by atoms with Crippen LogP contribution in [0.2, 0.25) is 0 Å². The van der Waals surface area contributed by atoms with E-state index in [9.17, 15) is 17.6 Å². The Morgan fingerprint density at radius 2 is 1.38 bits per heavy atom. The SMILES string of the molecule is [2H]C([2H])([2H])c1c[c-]c(-c2ccc(C([2H])([2H])C(C)(C)C)cn2)cc1.[2H]C([2H])([2H])c1ccc2c(n1)oc1c(-c3cc(-c4ccc(C([2H])([2H])C(C)(C)C)cc4C([2H])([2H])[2H])c4c(n3)C(F)(F)C(F)(F)C(F)(F)C4(F)F)[c-]ccc12.[Ir]. The van der Waals surface area contributed by atoms with Gasteiger partial charge in [0, 0.05) is 55.2 Å². The number of halogens is 8. The van der Waals surface area contributed by atoms with Crippen LogP contribution in [0.3, 0.4) is 0 Å². The van der Waals surface area contributed by atoms with Crippen molar-refractivity contribution in [3.05, 3.63) is 136 Å². The Kier molecular flexibility index (Phi) is 8.56. The maximum atomic E-state index is 15.8. The molecule has 0 N–H and O–H groups in total. The number of furan rings is 1. The maximum absolute atomic E-state index is 15.8. The van der Waals surface area contributed by atoms with Crippen molar-refractivity contribution in [1.82, 2.24) is 15.0 Å². The van der Waals surface area contributed by atoms with Crippen molar-refractivity contribution in [3.63, 3.8) is 0 Å². The first-order chi connectivity index (χ1) is 33.9. The molecule has 0 saturated heterocycles. The fourth-order valence-corrected chi connectivity index (χ4v) is 6.88. The van der Waals surface area contributed by atoms with Gasteiger partial charge in [-0.05, 0) is 88.6 Å². The molecule has 4 heterocycles. The number of aryl methyl sites for hydroxylation is 3. The number of rotatable bonds is 5. The molecule has 8 rings (SSSR count). The van der Waals surface area contributed by atoms with Crippen molar-refractivity contribution < 1.29 is 77.5 Å². The first-order valence-corrected chi connectivity index (χ1v) is 18.9. The van der Waals surface area contributed by atoms with Gasteiger partial charge in [-0.1, -0.05) is 95.7 Å². The second-order valence-corrected chi connectivity index (χ2v) is 16.8. The third-order valence-electron chi connectivity index (χ3n) is 9.57. The van der Waals surface area contributed by atoms with Gasteiger partial charge in [0.05, 0.1) is 11.1 Å². The van der Waals surface area contributed by atoms with Crippen LogP contribution in [-0.4, -0.2) is 26.8 Å². The van der Waals surface area contributed by atoms with E-state index >= 15 is 17.6 Å². The molecule has 7 aromatic rings. The van der Waals surface area contributed by atoms with Gasteiger partial charge in [-0.2, -0.15) is 35.1 Å². The maximum Gasteiger partial charge on any atom is 0.384 e. The summed E-state index contributed by atoms with van der Waals surface area (Å²) in [5, 5.41) is 0.299. The molecule has 1 radical (unpaired) electrons. The smallest absolute Gasteiger partial charge is 0.384 e. The monoisotopic (exact) mass is 1060 g/mol. The molecule has 0 unspecified atom stereocenters. The van der Waals surface area contributed by atoms with Crippen LogP contribution in [0.1, 0.15) is 98.6 Å². The van der Waals surface area contributed by atoms with Crippen LogP contribution in [0.25, 0.3) is 55.7 Å². The standard InChI is InChI=1S/C33H25F8N2O.C17H20N.Ir/c1-16-13-18(15-29(3,4)5)10-12-19(16)23-14-24(22-8-6-7-20-21-11-9-17(2)42-28(21)44-26(20)22)43-27-25(23)30(34,35)32(38,39)33(40,41)31(27,36)37;1-13-5-8-15(9-6-13)16-10-7-14(12-18-16)11-17(2,3)4;/h6-7,9-14H,15H2,1-5H3;5-8,10,12H,11H2,1-4H3;/q2*-1;/i1D3,2D3,15D2;1D3,11D2;. The Morgan fingerprint density at radius 1 is 0.683 bits per heavy atom. The van der Waals surface area contributed by atoms with E-state index in [1.807, 2.05) is 20.8 Å². The van der Waals surface area contributed by atoms with Gasteiger partial charge in [-0.3, -0.25) is 4.98 Å². The van der Waals surface area contributed by atoms with Crippen LogP contribution < -0.4 is 0 Å². The Morgan fingerprint density at radius 3 is 2.00 bits per heavy atom. The third-order valence-corrected chi connectivity index (χ3v) is 9.57. The number of pyridine rings is 3. The molecular weight excluding hydrogens is 1000 g/mol. The average molecular weight is 1060 g/mol. The minimum Gasteiger partial charge on any atom is -0.486 e. The zero-order valence-corrected chi connectivity index (χ0v) is 36.6. The zero-order valence-electron chi connectivity index (χ0n) is 47.2. The van der Waals surface area contributed by atoms with Crippen LogP contribution in [-0.2, 0) is 44.7 Å². The predicted octanol–water partition coefficient (Wildman–Crippen LogP) is 14.6. The summed E-state index contributed by atoms with van der Waals surface area (Å²) in [6.07, 6.45) is -2.25. The van der Waals surface area contributed by atoms with Crippen molar-refractivity contribution in [3.8, 4) is 33.6 Å². The van der Waals surface area contributed by atoms with Crippen LogP contribution in [0.15, 0.2) is 89.5 Å². The average Bonchev–Trinajstić information content (AvgIpc) is 3.67.